The van der Waals surface area contributed by atoms with Crippen LogP contribution in [-0.4, -0.2) is 69.2 Å². The maximum Gasteiger partial charge on any atom is 0.0898 e. The van der Waals surface area contributed by atoms with Crippen LogP contribution in [0.2, 0.25) is 0 Å². The number of rotatable bonds is 1. The summed E-state index contributed by atoms with van der Waals surface area (Å²) in [6.07, 6.45) is 2.77. The van der Waals surface area contributed by atoms with E-state index < -0.39 is 0 Å². The fourth-order valence-electron chi connectivity index (χ4n) is 2.63. The molecule has 0 aliphatic carbocycles. The van der Waals surface area contributed by atoms with Gasteiger partial charge in [-0.2, -0.15) is 0 Å². The van der Waals surface area contributed by atoms with Gasteiger partial charge in [0.15, 0.2) is 0 Å². The molecule has 0 aromatic rings. The molecule has 0 aromatic carbocycles. The lowest BCUT2D eigenvalue weighted by Gasteiger charge is -2.39. The monoisotopic (exact) mass is 198 g/mol. The predicted octanol–water partition coefficient (Wildman–Crippen LogP) is -1.09. The van der Waals surface area contributed by atoms with Crippen LogP contribution < -0.4 is 4.90 Å². The zero-order valence-corrected chi connectivity index (χ0v) is 9.63. The summed E-state index contributed by atoms with van der Waals surface area (Å²) in [7, 11) is 4.55. The molecular weight excluding hydrogens is 174 g/mol. The number of nitrogens with zero attached hydrogens (tertiary/aromatic N) is 2. The van der Waals surface area contributed by atoms with Gasteiger partial charge >= 0.3 is 0 Å². The molecule has 3 heteroatoms. The molecule has 1 N–H and O–H groups in total. The van der Waals surface area contributed by atoms with Gasteiger partial charge < -0.3 is 9.80 Å². The first-order valence-corrected chi connectivity index (χ1v) is 5.99. The van der Waals surface area contributed by atoms with Gasteiger partial charge in [0.05, 0.1) is 20.1 Å². The minimum absolute atomic E-state index is 0.888. The normalized spacial score (nSPS) is 29.6. The third kappa shape index (κ3) is 2.47. The number of hydrogen-bond donors (Lipinski definition) is 1. The first kappa shape index (κ1) is 10.4. The van der Waals surface area contributed by atoms with Gasteiger partial charge in [-0.25, -0.2) is 0 Å². The molecule has 14 heavy (non-hydrogen) atoms. The third-order valence-electron chi connectivity index (χ3n) is 3.86. The summed E-state index contributed by atoms with van der Waals surface area (Å²) in [6, 6.07) is 0.888. The van der Waals surface area contributed by atoms with E-state index >= 15 is 0 Å². The van der Waals surface area contributed by atoms with Crippen LogP contribution in [0.15, 0.2) is 0 Å². The van der Waals surface area contributed by atoms with Crippen molar-refractivity contribution in [3.63, 3.8) is 0 Å². The Morgan fingerprint density at radius 1 is 1.00 bits per heavy atom. The highest BCUT2D eigenvalue weighted by Gasteiger charge is 2.26. The molecule has 0 bridgehead atoms. The molecule has 2 aliphatic heterocycles. The van der Waals surface area contributed by atoms with Crippen molar-refractivity contribution in [3.8, 4) is 0 Å². The molecule has 0 unspecified atom stereocenters. The molecule has 0 spiro atoms. The highest BCUT2D eigenvalue weighted by molar-refractivity contribution is 4.79. The molecule has 2 heterocycles. The molecule has 2 rings (SSSR count). The van der Waals surface area contributed by atoms with Crippen LogP contribution in [0.4, 0.5) is 0 Å². The summed E-state index contributed by atoms with van der Waals surface area (Å²) in [5, 5.41) is 0. The van der Waals surface area contributed by atoms with E-state index in [1.165, 1.54) is 52.1 Å². The standard InChI is InChI=1S/C11H23N3/c1-12-5-3-11(4-6-12)14-9-7-13(2)8-10-14/h11H,3-10H2,1-2H3/p+1. The van der Waals surface area contributed by atoms with Gasteiger partial charge in [-0.15, -0.1) is 0 Å². The van der Waals surface area contributed by atoms with Crippen LogP contribution in [0, 0.1) is 0 Å². The maximum atomic E-state index is 2.72. The highest BCUT2D eigenvalue weighted by Crippen LogP contribution is 2.14. The number of likely N-dealkylation sites (N-methyl/N-ethyl adjacent to an activating group) is 1. The van der Waals surface area contributed by atoms with Gasteiger partial charge in [0, 0.05) is 19.1 Å². The number of likely N-dealkylation sites (tertiary alicyclic amines) is 1. The predicted molar refractivity (Wildman–Crippen MR) is 58.7 cm³/mol. The molecule has 0 saturated carbocycles. The second-order valence-corrected chi connectivity index (χ2v) is 5.03. The molecular formula is C11H24N3+. The minimum atomic E-state index is 0.888. The number of piperidine rings is 1. The summed E-state index contributed by atoms with van der Waals surface area (Å²) < 4.78 is 0. The van der Waals surface area contributed by atoms with E-state index in [0.29, 0.717) is 0 Å². The van der Waals surface area contributed by atoms with Crippen LogP contribution >= 0.6 is 0 Å². The fraction of sp³-hybridized carbons (Fsp3) is 1.00. The summed E-state index contributed by atoms with van der Waals surface area (Å²) in [4.78, 5) is 6.88. The van der Waals surface area contributed by atoms with Crippen molar-refractivity contribution >= 4 is 0 Å². The highest BCUT2D eigenvalue weighted by atomic mass is 15.3. The topological polar surface area (TPSA) is 10.9 Å². The maximum absolute atomic E-state index is 2.72. The third-order valence-corrected chi connectivity index (χ3v) is 3.86. The molecule has 3 nitrogen and oxygen atoms in total. The molecule has 0 atom stereocenters. The van der Waals surface area contributed by atoms with E-state index in [1.54, 1.807) is 4.90 Å². The zero-order chi connectivity index (χ0) is 9.97. The number of nitrogens with one attached hydrogen (secondary N) is 1. The zero-order valence-electron chi connectivity index (χ0n) is 9.63. The van der Waals surface area contributed by atoms with Gasteiger partial charge in [-0.1, -0.05) is 0 Å². The number of quaternary nitrogens is 1. The Balaban J connectivity index is 1.78. The summed E-state index contributed by atoms with van der Waals surface area (Å²) in [5.41, 5.74) is 0. The SMILES string of the molecule is CN1CCC(N2CC[NH+](C)CC2)CC1. The smallest absolute Gasteiger partial charge is 0.0898 e. The second kappa shape index (κ2) is 4.60. The van der Waals surface area contributed by atoms with Crippen molar-refractivity contribution in [1.29, 1.82) is 0 Å². The molecule has 0 aromatic heterocycles. The van der Waals surface area contributed by atoms with E-state index in [-0.39, 0.29) is 0 Å². The van der Waals surface area contributed by atoms with Gasteiger partial charge in [0.2, 0.25) is 0 Å². The average Bonchev–Trinajstić information content (AvgIpc) is 2.21. The van der Waals surface area contributed by atoms with Crippen molar-refractivity contribution < 1.29 is 4.90 Å². The van der Waals surface area contributed by atoms with Crippen LogP contribution in [0.5, 0.6) is 0 Å². The molecule has 2 aliphatic rings. The summed E-state index contributed by atoms with van der Waals surface area (Å²) >= 11 is 0. The molecule has 0 radical (unpaired) electrons. The van der Waals surface area contributed by atoms with Crippen LogP contribution in [0.25, 0.3) is 0 Å². The van der Waals surface area contributed by atoms with Crippen molar-refractivity contribution in [2.75, 3.05) is 53.4 Å². The van der Waals surface area contributed by atoms with Crippen molar-refractivity contribution in [1.82, 2.24) is 9.80 Å². The largest absolute Gasteiger partial charge is 0.335 e. The van der Waals surface area contributed by atoms with Crippen molar-refractivity contribution in [2.24, 2.45) is 0 Å². The van der Waals surface area contributed by atoms with Crippen LogP contribution in [0.1, 0.15) is 12.8 Å². The minimum Gasteiger partial charge on any atom is -0.335 e. The summed E-state index contributed by atoms with van der Waals surface area (Å²) in [6.45, 7) is 7.91. The van der Waals surface area contributed by atoms with Crippen molar-refractivity contribution in [3.05, 3.63) is 0 Å². The Labute approximate surface area is 87.7 Å². The van der Waals surface area contributed by atoms with Gasteiger partial charge in [0.1, 0.15) is 0 Å². The Hall–Kier alpha value is -0.120. The number of hydrogen-bond acceptors (Lipinski definition) is 2. The lowest BCUT2D eigenvalue weighted by atomic mass is 10.0. The lowest BCUT2D eigenvalue weighted by Crippen LogP contribution is -3.12. The number of piperazine rings is 1. The van der Waals surface area contributed by atoms with Crippen molar-refractivity contribution in [2.45, 2.75) is 18.9 Å². The van der Waals surface area contributed by atoms with Gasteiger partial charge in [-0.3, -0.25) is 4.90 Å². The molecule has 2 saturated heterocycles. The van der Waals surface area contributed by atoms with Gasteiger partial charge in [-0.05, 0) is 33.0 Å². The van der Waals surface area contributed by atoms with E-state index in [2.05, 4.69) is 23.9 Å². The van der Waals surface area contributed by atoms with E-state index in [0.717, 1.165) is 6.04 Å². The Morgan fingerprint density at radius 2 is 1.57 bits per heavy atom. The first-order chi connectivity index (χ1) is 6.75. The Kier molecular flexibility index (Phi) is 3.42. The molecule has 82 valence electrons. The Bertz CT molecular complexity index is 147. The van der Waals surface area contributed by atoms with Gasteiger partial charge in [0.25, 0.3) is 0 Å². The molecule has 0 amide bonds. The van der Waals surface area contributed by atoms with E-state index in [4.69, 9.17) is 0 Å². The quantitative estimate of drug-likeness (QED) is 0.574. The Morgan fingerprint density at radius 3 is 2.14 bits per heavy atom. The fourth-order valence-corrected chi connectivity index (χ4v) is 2.63. The second-order valence-electron chi connectivity index (χ2n) is 5.03. The van der Waals surface area contributed by atoms with Crippen LogP contribution in [-0.2, 0) is 0 Å². The van der Waals surface area contributed by atoms with Crippen LogP contribution in [0.3, 0.4) is 0 Å². The van der Waals surface area contributed by atoms with E-state index in [1.807, 2.05) is 0 Å². The first-order valence-electron chi connectivity index (χ1n) is 5.99. The average molecular weight is 198 g/mol. The lowest BCUT2D eigenvalue weighted by molar-refractivity contribution is -0.884. The molecule has 2 fully saturated rings. The summed E-state index contributed by atoms with van der Waals surface area (Å²) in [5.74, 6) is 0. The van der Waals surface area contributed by atoms with E-state index in [9.17, 15) is 0 Å².